The van der Waals surface area contributed by atoms with Crippen LogP contribution < -0.4 is 0 Å². The molecule has 1 spiro atoms. The molecule has 4 heterocycles. The molecule has 0 N–H and O–H groups in total. The van der Waals surface area contributed by atoms with Gasteiger partial charge in [0.25, 0.3) is 0 Å². The van der Waals surface area contributed by atoms with Gasteiger partial charge < -0.3 is 14.2 Å². The van der Waals surface area contributed by atoms with Gasteiger partial charge in [0, 0.05) is 50.7 Å². The van der Waals surface area contributed by atoms with Crippen LogP contribution in [0.4, 0.5) is 0 Å². The van der Waals surface area contributed by atoms with Crippen molar-refractivity contribution in [1.29, 1.82) is 0 Å². The second-order valence-electron chi connectivity index (χ2n) is 9.58. The van der Waals surface area contributed by atoms with E-state index in [4.69, 9.17) is 9.26 Å². The zero-order chi connectivity index (χ0) is 22.0. The van der Waals surface area contributed by atoms with Crippen molar-refractivity contribution in [3.05, 3.63) is 29.2 Å². The molecule has 4 rings (SSSR count). The molecule has 170 valence electrons. The molecule has 2 aromatic rings. The number of carbonyl (C=O) groups is 1. The smallest absolute Gasteiger partial charge is 0.229 e. The fourth-order valence-electron chi connectivity index (χ4n) is 4.92. The monoisotopic (exact) mass is 429 g/mol. The maximum atomic E-state index is 12.7. The van der Waals surface area contributed by atoms with Crippen LogP contribution in [0.2, 0.25) is 0 Å². The van der Waals surface area contributed by atoms with E-state index >= 15 is 0 Å². The minimum atomic E-state index is -0.111. The SMILES string of the molecule is Cc1cc(C)n(CCC(=O)N2CCC3(CC2)CC(Cc2noc(C(C)C)n2)CCO3)n1. The summed E-state index contributed by atoms with van der Waals surface area (Å²) in [4.78, 5) is 19.3. The van der Waals surface area contributed by atoms with Crippen LogP contribution in [-0.2, 0) is 22.5 Å². The third-order valence-electron chi connectivity index (χ3n) is 6.71. The Morgan fingerprint density at radius 3 is 2.71 bits per heavy atom. The van der Waals surface area contributed by atoms with Crippen molar-refractivity contribution in [1.82, 2.24) is 24.8 Å². The number of hydrogen-bond donors (Lipinski definition) is 0. The standard InChI is InChI=1S/C23H35N5O3/c1-16(2)22-24-20(26-31-22)14-19-6-12-30-23(15-19)7-10-27(11-8-23)21(29)5-9-28-18(4)13-17(3)25-28/h13,16,19H,5-12,14-15H2,1-4H3. The molecule has 1 unspecified atom stereocenters. The fourth-order valence-corrected chi connectivity index (χ4v) is 4.92. The van der Waals surface area contributed by atoms with Gasteiger partial charge in [0.15, 0.2) is 5.82 Å². The number of amides is 1. The molecule has 0 aliphatic carbocycles. The first-order valence-electron chi connectivity index (χ1n) is 11.6. The van der Waals surface area contributed by atoms with Crippen molar-refractivity contribution in [3.8, 4) is 0 Å². The Balaban J connectivity index is 1.27. The number of aromatic nitrogens is 4. The summed E-state index contributed by atoms with van der Waals surface area (Å²) in [6.45, 7) is 11.1. The van der Waals surface area contributed by atoms with Gasteiger partial charge in [-0.3, -0.25) is 9.48 Å². The summed E-state index contributed by atoms with van der Waals surface area (Å²) < 4.78 is 13.6. The molecule has 2 aliphatic heterocycles. The van der Waals surface area contributed by atoms with Crippen LogP contribution in [0.5, 0.6) is 0 Å². The minimum absolute atomic E-state index is 0.111. The second-order valence-corrected chi connectivity index (χ2v) is 9.58. The van der Waals surface area contributed by atoms with Crippen LogP contribution in [0.1, 0.15) is 75.0 Å². The maximum absolute atomic E-state index is 12.7. The first kappa shape index (κ1) is 22.0. The van der Waals surface area contributed by atoms with E-state index in [1.165, 1.54) is 0 Å². The van der Waals surface area contributed by atoms with Gasteiger partial charge in [0.05, 0.1) is 11.3 Å². The van der Waals surface area contributed by atoms with E-state index in [0.29, 0.717) is 24.8 Å². The molecule has 1 amide bonds. The van der Waals surface area contributed by atoms with E-state index in [2.05, 4.69) is 29.1 Å². The van der Waals surface area contributed by atoms with Gasteiger partial charge in [-0.05, 0) is 51.5 Å². The molecule has 2 aromatic heterocycles. The largest absolute Gasteiger partial charge is 0.375 e. The molecule has 31 heavy (non-hydrogen) atoms. The Labute approximate surface area is 184 Å². The van der Waals surface area contributed by atoms with Crippen molar-refractivity contribution < 1.29 is 14.1 Å². The van der Waals surface area contributed by atoms with E-state index in [9.17, 15) is 4.79 Å². The Morgan fingerprint density at radius 1 is 1.29 bits per heavy atom. The molecule has 2 aliphatic rings. The average Bonchev–Trinajstić information content (AvgIpc) is 3.32. The first-order valence-corrected chi connectivity index (χ1v) is 11.6. The lowest BCUT2D eigenvalue weighted by molar-refractivity contribution is -0.147. The molecule has 8 heteroatoms. The summed E-state index contributed by atoms with van der Waals surface area (Å²) in [5.41, 5.74) is 1.99. The summed E-state index contributed by atoms with van der Waals surface area (Å²) >= 11 is 0. The van der Waals surface area contributed by atoms with Crippen molar-refractivity contribution in [2.45, 2.75) is 84.3 Å². The molecule has 0 radical (unpaired) electrons. The van der Waals surface area contributed by atoms with Crippen LogP contribution >= 0.6 is 0 Å². The maximum Gasteiger partial charge on any atom is 0.229 e. The van der Waals surface area contributed by atoms with E-state index in [1.54, 1.807) is 0 Å². The molecule has 8 nitrogen and oxygen atoms in total. The number of aryl methyl sites for hydroxylation is 3. The van der Waals surface area contributed by atoms with Gasteiger partial charge in [0.2, 0.25) is 11.8 Å². The number of nitrogens with zero attached hydrogens (tertiary/aromatic N) is 5. The van der Waals surface area contributed by atoms with Crippen LogP contribution in [0.3, 0.4) is 0 Å². The fraction of sp³-hybridized carbons (Fsp3) is 0.739. The zero-order valence-corrected chi connectivity index (χ0v) is 19.3. The van der Waals surface area contributed by atoms with Crippen molar-refractivity contribution in [3.63, 3.8) is 0 Å². The van der Waals surface area contributed by atoms with Crippen LogP contribution in [0.15, 0.2) is 10.6 Å². The Bertz CT molecular complexity index is 895. The molecule has 1 atom stereocenters. The van der Waals surface area contributed by atoms with Gasteiger partial charge in [-0.25, -0.2) is 0 Å². The molecular weight excluding hydrogens is 394 g/mol. The van der Waals surface area contributed by atoms with Gasteiger partial charge >= 0.3 is 0 Å². The second kappa shape index (κ2) is 9.10. The Morgan fingerprint density at radius 2 is 2.06 bits per heavy atom. The van der Waals surface area contributed by atoms with Crippen molar-refractivity contribution in [2.75, 3.05) is 19.7 Å². The predicted octanol–water partition coefficient (Wildman–Crippen LogP) is 3.43. The predicted molar refractivity (Wildman–Crippen MR) is 116 cm³/mol. The van der Waals surface area contributed by atoms with Crippen molar-refractivity contribution >= 4 is 5.91 Å². The highest BCUT2D eigenvalue weighted by atomic mass is 16.5. The number of rotatable bonds is 6. The average molecular weight is 430 g/mol. The third-order valence-corrected chi connectivity index (χ3v) is 6.71. The summed E-state index contributed by atoms with van der Waals surface area (Å²) in [6.07, 6.45) is 5.17. The number of hydrogen-bond acceptors (Lipinski definition) is 6. The lowest BCUT2D eigenvalue weighted by atomic mass is 9.78. The molecule has 2 saturated heterocycles. The molecule has 0 saturated carbocycles. The summed E-state index contributed by atoms with van der Waals surface area (Å²) in [5, 5.41) is 8.62. The molecule has 0 bridgehead atoms. The Hall–Kier alpha value is -2.22. The highest BCUT2D eigenvalue weighted by Gasteiger charge is 2.41. The molecular formula is C23H35N5O3. The lowest BCUT2D eigenvalue weighted by Gasteiger charge is -2.46. The number of ether oxygens (including phenoxy) is 1. The summed E-state index contributed by atoms with van der Waals surface area (Å²) in [7, 11) is 0. The van der Waals surface area contributed by atoms with Gasteiger partial charge in [-0.1, -0.05) is 19.0 Å². The zero-order valence-electron chi connectivity index (χ0n) is 19.3. The Kier molecular flexibility index (Phi) is 6.46. The normalized spacial score (nSPS) is 21.2. The van der Waals surface area contributed by atoms with E-state index in [1.807, 2.05) is 29.5 Å². The first-order chi connectivity index (χ1) is 14.8. The molecule has 0 aromatic carbocycles. The number of carbonyl (C=O) groups excluding carboxylic acids is 1. The summed E-state index contributed by atoms with van der Waals surface area (Å²) in [6, 6.07) is 2.05. The number of piperidine rings is 1. The van der Waals surface area contributed by atoms with Crippen LogP contribution in [0.25, 0.3) is 0 Å². The highest BCUT2D eigenvalue weighted by molar-refractivity contribution is 5.76. The van der Waals surface area contributed by atoms with Crippen LogP contribution in [0, 0.1) is 19.8 Å². The molecule has 2 fully saturated rings. The van der Waals surface area contributed by atoms with Gasteiger partial charge in [-0.15, -0.1) is 0 Å². The topological polar surface area (TPSA) is 86.3 Å². The quantitative estimate of drug-likeness (QED) is 0.699. The van der Waals surface area contributed by atoms with E-state index in [0.717, 1.165) is 69.0 Å². The van der Waals surface area contributed by atoms with E-state index in [-0.39, 0.29) is 17.4 Å². The minimum Gasteiger partial charge on any atom is -0.375 e. The van der Waals surface area contributed by atoms with Crippen molar-refractivity contribution in [2.24, 2.45) is 5.92 Å². The van der Waals surface area contributed by atoms with E-state index < -0.39 is 0 Å². The summed E-state index contributed by atoms with van der Waals surface area (Å²) in [5.74, 6) is 2.49. The van der Waals surface area contributed by atoms with Gasteiger partial charge in [0.1, 0.15) is 0 Å². The van der Waals surface area contributed by atoms with Crippen LogP contribution in [-0.4, -0.2) is 56.0 Å². The number of likely N-dealkylation sites (tertiary alicyclic amines) is 1. The van der Waals surface area contributed by atoms with Gasteiger partial charge in [-0.2, -0.15) is 10.1 Å². The highest BCUT2D eigenvalue weighted by Crippen LogP contribution is 2.38. The third kappa shape index (κ3) is 5.17. The lowest BCUT2D eigenvalue weighted by Crippen LogP contribution is -2.51.